The summed E-state index contributed by atoms with van der Waals surface area (Å²) in [5, 5.41) is 0. The van der Waals surface area contributed by atoms with Gasteiger partial charge < -0.3 is 0 Å². The largest absolute Gasteiger partial charge is 0.120 e. The maximum atomic E-state index is 5.70. The second-order valence-electron chi connectivity index (χ2n) is 8.26. The molecule has 0 bridgehead atoms. The van der Waals surface area contributed by atoms with Gasteiger partial charge in [-0.25, -0.2) is 0 Å². The van der Waals surface area contributed by atoms with Crippen molar-refractivity contribution in [1.82, 2.24) is 0 Å². The van der Waals surface area contributed by atoms with Gasteiger partial charge in [-0.05, 0) is 61.3 Å². The molecule has 0 aliphatic heterocycles. The minimum atomic E-state index is 0.352. The molecule has 0 aromatic heterocycles. The van der Waals surface area contributed by atoms with Crippen molar-refractivity contribution in [2.75, 3.05) is 0 Å². The summed E-state index contributed by atoms with van der Waals surface area (Å²) >= 11 is 0. The maximum Gasteiger partial charge on any atom is 0.0203 e. The van der Waals surface area contributed by atoms with Crippen LogP contribution in [0.1, 0.15) is 65.7 Å². The molecular weight excluding hydrogens is 276 g/mol. The minimum Gasteiger partial charge on any atom is -0.120 e. The lowest BCUT2D eigenvalue weighted by molar-refractivity contribution is 0.101. The zero-order chi connectivity index (χ0) is 17.2. The summed E-state index contributed by atoms with van der Waals surface area (Å²) in [6.07, 6.45) is 14.0. The normalized spacial score (nSPS) is 39.5. The number of hydrogen-bond acceptors (Lipinski definition) is 0. The van der Waals surface area contributed by atoms with Gasteiger partial charge in [0.25, 0.3) is 0 Å². The average Bonchev–Trinajstić information content (AvgIpc) is 3.03. The van der Waals surface area contributed by atoms with E-state index < -0.39 is 0 Å². The molecule has 0 spiro atoms. The summed E-state index contributed by atoms with van der Waals surface area (Å²) in [5.41, 5.74) is 4.12. The van der Waals surface area contributed by atoms with E-state index in [9.17, 15) is 0 Å². The van der Waals surface area contributed by atoms with E-state index in [4.69, 9.17) is 6.42 Å². The van der Waals surface area contributed by atoms with Gasteiger partial charge in [0.1, 0.15) is 0 Å². The highest BCUT2D eigenvalue weighted by molar-refractivity contribution is 5.33. The van der Waals surface area contributed by atoms with Crippen LogP contribution in [0.25, 0.3) is 0 Å². The Bertz CT molecular complexity index is 529. The molecule has 0 aromatic carbocycles. The summed E-state index contributed by atoms with van der Waals surface area (Å²) < 4.78 is 0. The Kier molecular flexibility index (Phi) is 5.61. The van der Waals surface area contributed by atoms with E-state index in [2.05, 4.69) is 46.4 Å². The molecule has 0 radical (unpaired) electrons. The molecule has 5 atom stereocenters. The first-order valence-electron chi connectivity index (χ1n) is 9.33. The molecule has 23 heavy (non-hydrogen) atoms. The van der Waals surface area contributed by atoms with Crippen molar-refractivity contribution in [2.24, 2.45) is 29.1 Å². The quantitative estimate of drug-likeness (QED) is 0.400. The number of terminal acetylenes is 1. The van der Waals surface area contributed by atoms with Crippen molar-refractivity contribution in [3.8, 4) is 12.3 Å². The maximum absolute atomic E-state index is 5.70. The van der Waals surface area contributed by atoms with Gasteiger partial charge in [-0.3, -0.25) is 0 Å². The number of hydrogen-bond donors (Lipinski definition) is 0. The highest BCUT2D eigenvalue weighted by atomic mass is 14.5. The van der Waals surface area contributed by atoms with Gasteiger partial charge >= 0.3 is 0 Å². The molecule has 126 valence electrons. The third-order valence-electron chi connectivity index (χ3n) is 7.05. The van der Waals surface area contributed by atoms with Crippen LogP contribution in [0.4, 0.5) is 0 Å². The first-order chi connectivity index (χ1) is 10.8. The van der Waals surface area contributed by atoms with Crippen LogP contribution >= 0.6 is 0 Å². The van der Waals surface area contributed by atoms with E-state index >= 15 is 0 Å². The molecule has 2 saturated carbocycles. The first-order valence-corrected chi connectivity index (χ1v) is 9.33. The molecule has 0 saturated heterocycles. The monoisotopic (exact) mass is 310 g/mol. The molecular formula is C23H34. The van der Waals surface area contributed by atoms with Crippen LogP contribution in [0.2, 0.25) is 0 Å². The molecule has 2 fully saturated rings. The van der Waals surface area contributed by atoms with Gasteiger partial charge in [-0.2, -0.15) is 0 Å². The molecule has 2 rings (SSSR count). The molecule has 0 aromatic rings. The Balaban J connectivity index is 2.32. The third kappa shape index (κ3) is 3.65. The van der Waals surface area contributed by atoms with Crippen molar-refractivity contribution >= 4 is 0 Å². The minimum absolute atomic E-state index is 0.352. The van der Waals surface area contributed by atoms with Crippen LogP contribution < -0.4 is 0 Å². The van der Waals surface area contributed by atoms with Crippen LogP contribution in [0.15, 0.2) is 36.5 Å². The van der Waals surface area contributed by atoms with Crippen LogP contribution in [0.5, 0.6) is 0 Å². The molecule has 0 heteroatoms. The lowest BCUT2D eigenvalue weighted by Crippen LogP contribution is -2.32. The molecule has 5 unspecified atom stereocenters. The van der Waals surface area contributed by atoms with Crippen molar-refractivity contribution < 1.29 is 0 Å². The van der Waals surface area contributed by atoms with Gasteiger partial charge in [0.15, 0.2) is 0 Å². The van der Waals surface area contributed by atoms with Crippen LogP contribution in [0, 0.1) is 41.4 Å². The van der Waals surface area contributed by atoms with E-state index in [1.165, 1.54) is 48.8 Å². The first kappa shape index (κ1) is 18.1. The Morgan fingerprint density at radius 2 is 1.96 bits per heavy atom. The van der Waals surface area contributed by atoms with Gasteiger partial charge in [0.2, 0.25) is 0 Å². The van der Waals surface area contributed by atoms with Gasteiger partial charge in [-0.15, -0.1) is 12.3 Å². The van der Waals surface area contributed by atoms with E-state index in [0.717, 1.165) is 18.8 Å². The topological polar surface area (TPSA) is 0 Å². The fraction of sp³-hybridized carbons (Fsp3) is 0.652. The SMILES string of the molecule is C#CC1CCC(C2CC(=C)C(C)C(=C)C(=C)CCC2(C)CC)C1. The Morgan fingerprint density at radius 1 is 1.26 bits per heavy atom. The molecule has 0 N–H and O–H groups in total. The van der Waals surface area contributed by atoms with E-state index in [0.29, 0.717) is 23.2 Å². The molecule has 0 amide bonds. The summed E-state index contributed by atoms with van der Waals surface area (Å²) in [6, 6.07) is 0. The Labute approximate surface area is 144 Å². The predicted molar refractivity (Wildman–Crippen MR) is 102 cm³/mol. The van der Waals surface area contributed by atoms with Crippen molar-refractivity contribution in [3.63, 3.8) is 0 Å². The zero-order valence-electron chi connectivity index (χ0n) is 15.5. The van der Waals surface area contributed by atoms with E-state index in [1.54, 1.807) is 0 Å². The molecule has 2 aliphatic carbocycles. The standard InChI is InChI=1S/C23H34/c1-8-20-10-11-21(15-20)22-14-17(4)19(6)18(5)16(3)12-13-23(22,7)9-2/h1,19-22H,3-5,9-15H2,2,6-7H3. The van der Waals surface area contributed by atoms with Crippen LogP contribution in [-0.2, 0) is 0 Å². The number of rotatable bonds is 2. The fourth-order valence-corrected chi connectivity index (χ4v) is 4.75. The van der Waals surface area contributed by atoms with Crippen molar-refractivity contribution in [2.45, 2.75) is 65.7 Å². The zero-order valence-corrected chi connectivity index (χ0v) is 15.5. The van der Waals surface area contributed by atoms with E-state index in [-0.39, 0.29) is 0 Å². The van der Waals surface area contributed by atoms with Gasteiger partial charge in [-0.1, -0.05) is 58.1 Å². The van der Waals surface area contributed by atoms with Crippen LogP contribution in [0.3, 0.4) is 0 Å². The second-order valence-corrected chi connectivity index (χ2v) is 8.26. The summed E-state index contributed by atoms with van der Waals surface area (Å²) in [5.74, 6) is 5.30. The smallest absolute Gasteiger partial charge is 0.0203 e. The molecule has 0 heterocycles. The fourth-order valence-electron chi connectivity index (χ4n) is 4.75. The van der Waals surface area contributed by atoms with Gasteiger partial charge in [0.05, 0.1) is 0 Å². The highest BCUT2D eigenvalue weighted by Gasteiger charge is 2.41. The summed E-state index contributed by atoms with van der Waals surface area (Å²) in [7, 11) is 0. The lowest BCUT2D eigenvalue weighted by atomic mass is 9.63. The Hall–Kier alpha value is -1.22. The van der Waals surface area contributed by atoms with Crippen molar-refractivity contribution in [3.05, 3.63) is 36.5 Å². The highest BCUT2D eigenvalue weighted by Crippen LogP contribution is 2.52. The lowest BCUT2D eigenvalue weighted by Gasteiger charge is -2.41. The summed E-state index contributed by atoms with van der Waals surface area (Å²) in [6.45, 7) is 20.1. The second kappa shape index (κ2) is 7.12. The molecule has 0 nitrogen and oxygen atoms in total. The number of allylic oxidation sites excluding steroid dienone is 3. The van der Waals surface area contributed by atoms with E-state index in [1.807, 2.05) is 0 Å². The Morgan fingerprint density at radius 3 is 2.52 bits per heavy atom. The summed E-state index contributed by atoms with van der Waals surface area (Å²) in [4.78, 5) is 0. The average molecular weight is 311 g/mol. The van der Waals surface area contributed by atoms with Crippen molar-refractivity contribution in [1.29, 1.82) is 0 Å². The van der Waals surface area contributed by atoms with Gasteiger partial charge in [0, 0.05) is 11.8 Å². The van der Waals surface area contributed by atoms with Crippen LogP contribution in [-0.4, -0.2) is 0 Å². The third-order valence-corrected chi connectivity index (χ3v) is 7.05. The predicted octanol–water partition coefficient (Wildman–Crippen LogP) is 6.56. The molecule has 2 aliphatic rings.